The van der Waals surface area contributed by atoms with E-state index in [2.05, 4.69) is 15.6 Å². The highest BCUT2D eigenvalue weighted by atomic mass is 19.1. The minimum absolute atomic E-state index is 0.0714. The van der Waals surface area contributed by atoms with E-state index in [4.69, 9.17) is 0 Å². The minimum atomic E-state index is -0.612. The van der Waals surface area contributed by atoms with Crippen LogP contribution in [0.4, 0.5) is 8.78 Å². The Bertz CT molecular complexity index is 1470. The van der Waals surface area contributed by atoms with Gasteiger partial charge in [-0.15, -0.1) is 0 Å². The van der Waals surface area contributed by atoms with Crippen molar-refractivity contribution in [3.05, 3.63) is 83.9 Å². The molecule has 1 saturated heterocycles. The van der Waals surface area contributed by atoms with E-state index in [0.717, 1.165) is 50.5 Å². The van der Waals surface area contributed by atoms with Crippen molar-refractivity contribution >= 4 is 17.7 Å². The van der Waals surface area contributed by atoms with E-state index in [1.54, 1.807) is 53.9 Å². The number of likely N-dealkylation sites (tertiary alicyclic amines) is 1. The average Bonchev–Trinajstić information content (AvgIpc) is 3.76. The van der Waals surface area contributed by atoms with Crippen molar-refractivity contribution in [2.24, 2.45) is 5.92 Å². The first-order valence-corrected chi connectivity index (χ1v) is 16.3. The second-order valence-electron chi connectivity index (χ2n) is 12.5. The van der Waals surface area contributed by atoms with Crippen molar-refractivity contribution in [1.29, 1.82) is 0 Å². The molecule has 1 aromatic heterocycles. The van der Waals surface area contributed by atoms with Gasteiger partial charge in [0.15, 0.2) is 0 Å². The molecule has 2 fully saturated rings. The van der Waals surface area contributed by atoms with E-state index >= 15 is 0 Å². The summed E-state index contributed by atoms with van der Waals surface area (Å²) < 4.78 is 28.7. The zero-order valence-corrected chi connectivity index (χ0v) is 26.6. The van der Waals surface area contributed by atoms with Gasteiger partial charge < -0.3 is 25.0 Å². The van der Waals surface area contributed by atoms with Gasteiger partial charge in [-0.05, 0) is 94.0 Å². The maximum absolute atomic E-state index is 14.2. The van der Waals surface area contributed by atoms with Crippen molar-refractivity contribution in [2.75, 3.05) is 26.7 Å². The van der Waals surface area contributed by atoms with E-state index < -0.39 is 12.1 Å². The number of carbonyl (C=O) groups is 3. The lowest BCUT2D eigenvalue weighted by molar-refractivity contribution is -0.139. The Balaban J connectivity index is 1.36. The number of amides is 3. The smallest absolute Gasteiger partial charge is 0.274 e. The summed E-state index contributed by atoms with van der Waals surface area (Å²) in [4.78, 5) is 49.1. The Morgan fingerprint density at radius 1 is 0.957 bits per heavy atom. The van der Waals surface area contributed by atoms with Crippen molar-refractivity contribution in [1.82, 2.24) is 30.0 Å². The van der Waals surface area contributed by atoms with Gasteiger partial charge in [-0.3, -0.25) is 14.4 Å². The first-order valence-electron chi connectivity index (χ1n) is 16.3. The highest BCUT2D eigenvalue weighted by Crippen LogP contribution is 2.30. The maximum atomic E-state index is 14.2. The van der Waals surface area contributed by atoms with Crippen LogP contribution in [0.3, 0.4) is 0 Å². The molecule has 46 heavy (non-hydrogen) atoms. The topological polar surface area (TPSA) is 99.6 Å². The second-order valence-corrected chi connectivity index (χ2v) is 12.5. The van der Waals surface area contributed by atoms with E-state index in [0.29, 0.717) is 31.7 Å². The number of nitrogens with one attached hydrogen (secondary N) is 2. The number of aromatic nitrogens is 2. The van der Waals surface area contributed by atoms with Crippen LogP contribution < -0.4 is 10.6 Å². The summed E-state index contributed by atoms with van der Waals surface area (Å²) in [7, 11) is 1.72. The first kappa shape index (κ1) is 33.2. The predicted octanol–water partition coefficient (Wildman–Crippen LogP) is 4.50. The lowest BCUT2D eigenvalue weighted by atomic mass is 9.83. The molecule has 2 heterocycles. The molecule has 0 unspecified atom stereocenters. The number of hydrogen-bond acceptors (Lipinski definition) is 5. The van der Waals surface area contributed by atoms with Crippen molar-refractivity contribution in [3.8, 4) is 5.69 Å². The molecule has 5 rings (SSSR count). The number of likely N-dealkylation sites (N-methyl/N-ethyl adjacent to an activating group) is 1. The molecule has 3 aromatic rings. The molecule has 1 aliphatic heterocycles. The molecule has 0 radical (unpaired) electrons. The number of halogens is 2. The SMILES string of the molecule is CN[C@@H](C)C(=O)N[C@H](C(=O)N1CCC[C@H]1CN(CCc1ccc(F)cc1)C(=O)c1cn(-c2ccc(F)cc2)cn1)C1CCCCC1. The molecule has 0 spiro atoms. The van der Waals surface area contributed by atoms with Gasteiger partial charge in [0.1, 0.15) is 29.7 Å². The molecule has 2 aliphatic rings. The molecule has 0 bridgehead atoms. The van der Waals surface area contributed by atoms with Crippen molar-refractivity contribution in [3.63, 3.8) is 0 Å². The Kier molecular flexibility index (Phi) is 11.2. The Hall–Kier alpha value is -4.12. The quantitative estimate of drug-likeness (QED) is 0.306. The molecule has 3 amide bonds. The number of rotatable bonds is 12. The minimum Gasteiger partial charge on any atom is -0.343 e. The third-order valence-corrected chi connectivity index (χ3v) is 9.40. The third-order valence-electron chi connectivity index (χ3n) is 9.40. The number of hydrogen-bond donors (Lipinski definition) is 2. The normalized spacial score (nSPS) is 18.3. The molecular weight excluding hydrogens is 590 g/mol. The van der Waals surface area contributed by atoms with Crippen LogP contribution in [0.15, 0.2) is 61.1 Å². The maximum Gasteiger partial charge on any atom is 0.274 e. The number of benzene rings is 2. The molecule has 9 nitrogen and oxygen atoms in total. The summed E-state index contributed by atoms with van der Waals surface area (Å²) in [5.74, 6) is -1.19. The van der Waals surface area contributed by atoms with E-state index in [9.17, 15) is 23.2 Å². The van der Waals surface area contributed by atoms with Crippen LogP contribution in [0.5, 0.6) is 0 Å². The highest BCUT2D eigenvalue weighted by molar-refractivity contribution is 5.92. The molecule has 2 N–H and O–H groups in total. The van der Waals surface area contributed by atoms with Gasteiger partial charge in [-0.1, -0.05) is 31.4 Å². The first-order chi connectivity index (χ1) is 22.2. The fourth-order valence-corrected chi connectivity index (χ4v) is 6.55. The monoisotopic (exact) mass is 634 g/mol. The molecule has 246 valence electrons. The second kappa shape index (κ2) is 15.4. The van der Waals surface area contributed by atoms with Crippen LogP contribution >= 0.6 is 0 Å². The molecule has 1 aliphatic carbocycles. The van der Waals surface area contributed by atoms with Gasteiger partial charge >= 0.3 is 0 Å². The van der Waals surface area contributed by atoms with Crippen molar-refractivity contribution < 1.29 is 23.2 Å². The van der Waals surface area contributed by atoms with Crippen LogP contribution in [0.2, 0.25) is 0 Å². The summed E-state index contributed by atoms with van der Waals surface area (Å²) in [5, 5.41) is 6.03. The van der Waals surface area contributed by atoms with Crippen LogP contribution in [0.25, 0.3) is 5.69 Å². The van der Waals surface area contributed by atoms with E-state index in [-0.39, 0.29) is 47.0 Å². The fourth-order valence-electron chi connectivity index (χ4n) is 6.55. The van der Waals surface area contributed by atoms with Gasteiger partial charge in [0.2, 0.25) is 11.8 Å². The standard InChI is InChI=1S/C35H44F2N6O3/c1-24(38-2)33(44)40-32(26-7-4-3-5-8-26)35(46)43-19-6-9-30(43)21-41(20-18-25-10-12-27(36)13-11-25)34(45)31-22-42(23-39-31)29-16-14-28(37)15-17-29/h10-17,22-24,26,30,32,38H,3-9,18-21H2,1-2H3,(H,40,44)/t24-,30-,32-/m0/s1. The Labute approximate surface area is 269 Å². The lowest BCUT2D eigenvalue weighted by Crippen LogP contribution is -2.57. The number of nitrogens with zero attached hydrogens (tertiary/aromatic N) is 4. The van der Waals surface area contributed by atoms with Crippen LogP contribution in [-0.4, -0.2) is 81.9 Å². The average molecular weight is 635 g/mol. The third kappa shape index (κ3) is 8.17. The van der Waals surface area contributed by atoms with Crippen molar-refractivity contribution in [2.45, 2.75) is 76.4 Å². The summed E-state index contributed by atoms with van der Waals surface area (Å²) >= 11 is 0. The van der Waals surface area contributed by atoms with E-state index in [1.807, 2.05) is 4.90 Å². The van der Waals surface area contributed by atoms with Gasteiger partial charge in [0.25, 0.3) is 5.91 Å². The van der Waals surface area contributed by atoms with Crippen LogP contribution in [-0.2, 0) is 16.0 Å². The van der Waals surface area contributed by atoms with Crippen LogP contribution in [0.1, 0.15) is 67.9 Å². The lowest BCUT2D eigenvalue weighted by Gasteiger charge is -2.37. The zero-order chi connectivity index (χ0) is 32.6. The molecular formula is C35H44F2N6O3. The Morgan fingerprint density at radius 3 is 2.30 bits per heavy atom. The largest absolute Gasteiger partial charge is 0.343 e. The van der Waals surface area contributed by atoms with Gasteiger partial charge in [-0.2, -0.15) is 0 Å². The molecule has 3 atom stereocenters. The zero-order valence-electron chi connectivity index (χ0n) is 26.6. The van der Waals surface area contributed by atoms with E-state index in [1.165, 1.54) is 30.6 Å². The van der Waals surface area contributed by atoms with Crippen LogP contribution in [0, 0.1) is 17.6 Å². The summed E-state index contributed by atoms with van der Waals surface area (Å²) in [6.07, 6.45) is 10.1. The highest BCUT2D eigenvalue weighted by Gasteiger charge is 2.39. The molecule has 1 saturated carbocycles. The van der Waals surface area contributed by atoms with Gasteiger partial charge in [-0.25, -0.2) is 13.8 Å². The fraction of sp³-hybridized carbons (Fsp3) is 0.486. The summed E-state index contributed by atoms with van der Waals surface area (Å²) in [6, 6.07) is 10.9. The summed E-state index contributed by atoms with van der Waals surface area (Å²) in [5.41, 5.74) is 1.78. The number of carbonyl (C=O) groups excluding carboxylic acids is 3. The van der Waals surface area contributed by atoms with Gasteiger partial charge in [0.05, 0.1) is 6.04 Å². The predicted molar refractivity (Wildman–Crippen MR) is 171 cm³/mol. The Morgan fingerprint density at radius 2 is 1.63 bits per heavy atom. The number of imidazole rings is 1. The summed E-state index contributed by atoms with van der Waals surface area (Å²) in [6.45, 7) is 2.98. The van der Waals surface area contributed by atoms with Gasteiger partial charge in [0, 0.05) is 37.6 Å². The molecule has 2 aromatic carbocycles. The molecule has 11 heteroatoms.